The second kappa shape index (κ2) is 6.97. The Morgan fingerprint density at radius 1 is 1.10 bits per heavy atom. The second-order valence-corrected chi connectivity index (χ2v) is 7.32. The lowest BCUT2D eigenvalue weighted by atomic mass is 10.1. The van der Waals surface area contributed by atoms with Gasteiger partial charge in [-0.3, -0.25) is 0 Å². The van der Waals surface area contributed by atoms with Crippen LogP contribution in [0.1, 0.15) is 18.4 Å². The first kappa shape index (κ1) is 15.2. The number of nitrogens with one attached hydrogen (secondary N) is 1. The van der Waals surface area contributed by atoms with Gasteiger partial charge in [0.1, 0.15) is 10.0 Å². The van der Waals surface area contributed by atoms with Crippen molar-refractivity contribution >= 4 is 21.4 Å². The van der Waals surface area contributed by atoms with E-state index in [1.165, 1.54) is 17.4 Å². The van der Waals surface area contributed by atoms with Crippen molar-refractivity contribution < 1.29 is 12.8 Å². The van der Waals surface area contributed by atoms with Crippen LogP contribution in [0.3, 0.4) is 0 Å². The Bertz CT molecular complexity index is 639. The summed E-state index contributed by atoms with van der Waals surface area (Å²) in [5.74, 6) is -0.202. The van der Waals surface area contributed by atoms with E-state index in [1.54, 1.807) is 35.7 Å². The van der Waals surface area contributed by atoms with Crippen molar-refractivity contribution in [3.63, 3.8) is 0 Å². The number of hydrogen-bond acceptors (Lipinski definition) is 3. The molecule has 1 aromatic heterocycles. The van der Waals surface area contributed by atoms with Gasteiger partial charge < -0.3 is 0 Å². The zero-order chi connectivity index (χ0) is 14.4. The zero-order valence-electron chi connectivity index (χ0n) is 10.9. The second-order valence-electron chi connectivity index (χ2n) is 4.38. The summed E-state index contributed by atoms with van der Waals surface area (Å²) in [4.78, 5) is 0. The van der Waals surface area contributed by atoms with Gasteiger partial charge in [0.25, 0.3) is 0 Å². The van der Waals surface area contributed by atoms with Crippen molar-refractivity contribution in [1.29, 1.82) is 0 Å². The van der Waals surface area contributed by atoms with Gasteiger partial charge in [-0.15, -0.1) is 11.3 Å². The van der Waals surface area contributed by atoms with E-state index in [2.05, 4.69) is 4.72 Å². The highest BCUT2D eigenvalue weighted by Gasteiger charge is 2.13. The van der Waals surface area contributed by atoms with Gasteiger partial charge in [0.05, 0.1) is 0 Å². The van der Waals surface area contributed by atoms with Crippen LogP contribution >= 0.6 is 11.3 Å². The quantitative estimate of drug-likeness (QED) is 0.798. The van der Waals surface area contributed by atoms with Gasteiger partial charge in [-0.1, -0.05) is 24.3 Å². The summed E-state index contributed by atoms with van der Waals surface area (Å²) in [6, 6.07) is 9.94. The summed E-state index contributed by atoms with van der Waals surface area (Å²) in [6.07, 6.45) is 2.04. The number of hydrogen-bond donors (Lipinski definition) is 1. The molecule has 0 saturated heterocycles. The maximum absolute atomic E-state index is 13.4. The van der Waals surface area contributed by atoms with Crippen molar-refractivity contribution in [2.24, 2.45) is 0 Å². The van der Waals surface area contributed by atoms with Gasteiger partial charge in [-0.2, -0.15) is 0 Å². The van der Waals surface area contributed by atoms with E-state index in [0.29, 0.717) is 29.2 Å². The number of benzene rings is 1. The van der Waals surface area contributed by atoms with Crippen LogP contribution in [0.15, 0.2) is 46.0 Å². The summed E-state index contributed by atoms with van der Waals surface area (Å²) in [7, 11) is -3.38. The SMILES string of the molecule is O=S(=O)(NCCCCc1ccccc1F)c1cccs1. The number of halogens is 1. The molecule has 3 nitrogen and oxygen atoms in total. The minimum Gasteiger partial charge on any atom is -0.210 e. The normalized spacial score (nSPS) is 11.7. The third-order valence-electron chi connectivity index (χ3n) is 2.88. The summed E-state index contributed by atoms with van der Waals surface area (Å²) in [5, 5.41) is 1.73. The summed E-state index contributed by atoms with van der Waals surface area (Å²) in [6.45, 7) is 0.370. The molecule has 0 aliphatic rings. The third-order valence-corrected chi connectivity index (χ3v) is 5.74. The predicted molar refractivity (Wildman–Crippen MR) is 78.8 cm³/mol. The Balaban J connectivity index is 1.74. The van der Waals surface area contributed by atoms with Crippen molar-refractivity contribution in [3.05, 3.63) is 53.2 Å². The fourth-order valence-corrected chi connectivity index (χ4v) is 3.95. The Labute approximate surface area is 122 Å². The number of thiophene rings is 1. The molecule has 0 saturated carbocycles. The van der Waals surface area contributed by atoms with Gasteiger partial charge in [-0.05, 0) is 42.3 Å². The number of unbranched alkanes of at least 4 members (excludes halogenated alkanes) is 1. The standard InChI is InChI=1S/C14H16FNO2S2/c15-13-8-2-1-6-12(13)7-3-4-10-16-20(17,18)14-9-5-11-19-14/h1-2,5-6,8-9,11,16H,3-4,7,10H2. The molecule has 0 aliphatic heterocycles. The molecular formula is C14H16FNO2S2. The highest BCUT2D eigenvalue weighted by Crippen LogP contribution is 2.15. The topological polar surface area (TPSA) is 46.2 Å². The smallest absolute Gasteiger partial charge is 0.210 e. The van der Waals surface area contributed by atoms with E-state index < -0.39 is 10.0 Å². The maximum Gasteiger partial charge on any atom is 0.250 e. The number of sulfonamides is 1. The van der Waals surface area contributed by atoms with Crippen LogP contribution in [0.5, 0.6) is 0 Å². The van der Waals surface area contributed by atoms with Crippen LogP contribution in [0.4, 0.5) is 4.39 Å². The van der Waals surface area contributed by atoms with E-state index in [0.717, 1.165) is 6.42 Å². The molecule has 6 heteroatoms. The van der Waals surface area contributed by atoms with E-state index in [4.69, 9.17) is 0 Å². The number of aryl methyl sites for hydroxylation is 1. The molecule has 20 heavy (non-hydrogen) atoms. The van der Waals surface area contributed by atoms with E-state index in [-0.39, 0.29) is 5.82 Å². The van der Waals surface area contributed by atoms with Crippen LogP contribution in [0.2, 0.25) is 0 Å². The van der Waals surface area contributed by atoms with Crippen LogP contribution in [0, 0.1) is 5.82 Å². The first-order valence-electron chi connectivity index (χ1n) is 6.36. The average Bonchev–Trinajstić information content (AvgIpc) is 2.95. The minimum absolute atomic E-state index is 0.202. The first-order chi connectivity index (χ1) is 9.59. The van der Waals surface area contributed by atoms with Gasteiger partial charge in [-0.25, -0.2) is 17.5 Å². The van der Waals surface area contributed by atoms with Gasteiger partial charge in [0.2, 0.25) is 10.0 Å². The molecule has 108 valence electrons. The largest absolute Gasteiger partial charge is 0.250 e. The molecule has 0 radical (unpaired) electrons. The van der Waals surface area contributed by atoms with Gasteiger partial charge in [0, 0.05) is 6.54 Å². The Morgan fingerprint density at radius 2 is 1.90 bits per heavy atom. The van der Waals surface area contributed by atoms with Crippen LogP contribution in [-0.4, -0.2) is 15.0 Å². The zero-order valence-corrected chi connectivity index (χ0v) is 12.5. The fourth-order valence-electron chi connectivity index (χ4n) is 1.84. The van der Waals surface area contributed by atoms with Crippen LogP contribution in [-0.2, 0) is 16.4 Å². The highest BCUT2D eigenvalue weighted by atomic mass is 32.2. The lowest BCUT2D eigenvalue weighted by Crippen LogP contribution is -2.24. The monoisotopic (exact) mass is 313 g/mol. The first-order valence-corrected chi connectivity index (χ1v) is 8.72. The van der Waals surface area contributed by atoms with E-state index in [1.807, 2.05) is 0 Å². The van der Waals surface area contributed by atoms with Crippen molar-refractivity contribution in [3.8, 4) is 0 Å². The molecular weight excluding hydrogens is 297 g/mol. The summed E-state index contributed by atoms with van der Waals surface area (Å²) >= 11 is 1.19. The molecule has 1 N–H and O–H groups in total. The average molecular weight is 313 g/mol. The molecule has 0 atom stereocenters. The molecule has 1 aromatic carbocycles. The Kier molecular flexibility index (Phi) is 5.28. The summed E-state index contributed by atoms with van der Waals surface area (Å²) in [5.41, 5.74) is 0.675. The van der Waals surface area contributed by atoms with Crippen LogP contribution < -0.4 is 4.72 Å². The lowest BCUT2D eigenvalue weighted by molar-refractivity contribution is 0.575. The molecule has 2 aromatic rings. The number of rotatable bonds is 7. The van der Waals surface area contributed by atoms with Crippen molar-refractivity contribution in [2.45, 2.75) is 23.5 Å². The van der Waals surface area contributed by atoms with Crippen molar-refractivity contribution in [2.75, 3.05) is 6.54 Å². The Morgan fingerprint density at radius 3 is 2.60 bits per heavy atom. The van der Waals surface area contributed by atoms with Crippen molar-refractivity contribution in [1.82, 2.24) is 4.72 Å². The molecule has 0 bridgehead atoms. The van der Waals surface area contributed by atoms with E-state index in [9.17, 15) is 12.8 Å². The Hall–Kier alpha value is -1.24. The minimum atomic E-state index is -3.38. The molecule has 0 amide bonds. The van der Waals surface area contributed by atoms with Gasteiger partial charge >= 0.3 is 0 Å². The summed E-state index contributed by atoms with van der Waals surface area (Å²) < 4.78 is 39.9. The highest BCUT2D eigenvalue weighted by molar-refractivity contribution is 7.91. The fraction of sp³-hybridized carbons (Fsp3) is 0.286. The van der Waals surface area contributed by atoms with Crippen LogP contribution in [0.25, 0.3) is 0 Å². The third kappa shape index (κ3) is 4.13. The lowest BCUT2D eigenvalue weighted by Gasteiger charge is -2.05. The molecule has 0 unspecified atom stereocenters. The predicted octanol–water partition coefficient (Wildman–Crippen LogP) is 3.19. The molecule has 2 rings (SSSR count). The molecule has 1 heterocycles. The molecule has 0 fully saturated rings. The maximum atomic E-state index is 13.4. The molecule has 0 aliphatic carbocycles. The van der Waals surface area contributed by atoms with Gasteiger partial charge in [0.15, 0.2) is 0 Å². The van der Waals surface area contributed by atoms with E-state index >= 15 is 0 Å². The molecule has 0 spiro atoms.